The number of rotatable bonds is 4. The number of aromatic nitrogens is 1. The summed E-state index contributed by atoms with van der Waals surface area (Å²) in [5, 5.41) is 4.11. The average Bonchev–Trinajstić information content (AvgIpc) is 2.22. The molecule has 0 amide bonds. The number of nitrogens with one attached hydrogen (secondary N) is 2. The zero-order chi connectivity index (χ0) is 12.3. The lowest BCUT2D eigenvalue weighted by atomic mass is 10.0. The van der Waals surface area contributed by atoms with Crippen LogP contribution in [-0.2, 0) is 0 Å². The van der Waals surface area contributed by atoms with E-state index in [0.29, 0.717) is 21.7 Å². The number of hydrogen-bond donors (Lipinski definition) is 3. The smallest absolute Gasteiger partial charge is 0.161 e. The van der Waals surface area contributed by atoms with Gasteiger partial charge in [0.15, 0.2) is 5.82 Å². The highest BCUT2D eigenvalue weighted by Crippen LogP contribution is 2.30. The molecule has 0 radical (unpaired) electrons. The molecular formula is C10H16Cl2N4. The first-order chi connectivity index (χ1) is 7.39. The van der Waals surface area contributed by atoms with Crippen LogP contribution < -0.4 is 16.6 Å². The molecule has 1 aromatic rings. The first-order valence-corrected chi connectivity index (χ1v) is 5.76. The molecule has 0 fully saturated rings. The monoisotopic (exact) mass is 262 g/mol. The molecular weight excluding hydrogens is 247 g/mol. The minimum atomic E-state index is -0.0870. The van der Waals surface area contributed by atoms with Gasteiger partial charge in [-0.2, -0.15) is 0 Å². The molecule has 1 heterocycles. The molecule has 16 heavy (non-hydrogen) atoms. The summed E-state index contributed by atoms with van der Waals surface area (Å²) in [5.74, 6) is 6.28. The third kappa shape index (κ3) is 3.14. The molecule has 0 saturated carbocycles. The van der Waals surface area contributed by atoms with Crippen LogP contribution in [-0.4, -0.2) is 10.5 Å². The number of halogens is 2. The van der Waals surface area contributed by atoms with Crippen LogP contribution >= 0.6 is 23.2 Å². The molecule has 0 unspecified atom stereocenters. The number of hydrogen-bond acceptors (Lipinski definition) is 4. The van der Waals surface area contributed by atoms with Gasteiger partial charge in [-0.1, -0.05) is 30.1 Å². The summed E-state index contributed by atoms with van der Waals surface area (Å²) in [5.41, 5.74) is 2.34. The Morgan fingerprint density at radius 1 is 1.31 bits per heavy atom. The van der Waals surface area contributed by atoms with Gasteiger partial charge in [-0.3, -0.25) is 0 Å². The van der Waals surface area contributed by atoms with Crippen molar-refractivity contribution >= 4 is 34.8 Å². The van der Waals surface area contributed by atoms with Crippen LogP contribution in [0.5, 0.6) is 0 Å². The van der Waals surface area contributed by atoms with Crippen molar-refractivity contribution in [2.24, 2.45) is 5.84 Å². The molecule has 0 aromatic carbocycles. The highest BCUT2D eigenvalue weighted by molar-refractivity contribution is 6.37. The number of nitrogens with two attached hydrogens (primary N) is 1. The van der Waals surface area contributed by atoms with Crippen molar-refractivity contribution in [2.45, 2.75) is 32.7 Å². The molecule has 0 bridgehead atoms. The van der Waals surface area contributed by atoms with Gasteiger partial charge >= 0.3 is 0 Å². The molecule has 0 aliphatic carbocycles. The van der Waals surface area contributed by atoms with Crippen LogP contribution in [0.2, 0.25) is 10.0 Å². The molecule has 6 heteroatoms. The normalized spacial score (nSPS) is 11.4. The molecule has 1 aromatic heterocycles. The second-order valence-corrected chi connectivity index (χ2v) is 4.97. The molecule has 0 aliphatic heterocycles. The molecule has 90 valence electrons. The number of nitrogen functional groups attached to an aromatic ring is 1. The van der Waals surface area contributed by atoms with E-state index in [4.69, 9.17) is 29.0 Å². The summed E-state index contributed by atoms with van der Waals surface area (Å²) in [6.45, 7) is 6.21. The van der Waals surface area contributed by atoms with E-state index in [2.05, 4.69) is 36.5 Å². The van der Waals surface area contributed by atoms with E-state index in [0.717, 1.165) is 6.42 Å². The average molecular weight is 263 g/mol. The van der Waals surface area contributed by atoms with Crippen molar-refractivity contribution < 1.29 is 0 Å². The van der Waals surface area contributed by atoms with E-state index in [-0.39, 0.29) is 5.54 Å². The first kappa shape index (κ1) is 13.4. The number of hydrazine groups is 1. The molecule has 0 atom stereocenters. The van der Waals surface area contributed by atoms with Crippen molar-refractivity contribution in [3.63, 3.8) is 0 Å². The van der Waals surface area contributed by atoms with E-state index in [1.54, 1.807) is 6.07 Å². The maximum absolute atomic E-state index is 6.04. The third-order valence-corrected chi connectivity index (χ3v) is 2.98. The highest BCUT2D eigenvalue weighted by atomic mass is 35.5. The number of anilines is 2. The highest BCUT2D eigenvalue weighted by Gasteiger charge is 2.18. The third-order valence-electron chi connectivity index (χ3n) is 2.41. The lowest BCUT2D eigenvalue weighted by Crippen LogP contribution is -2.30. The largest absolute Gasteiger partial charge is 0.364 e. The quantitative estimate of drug-likeness (QED) is 0.576. The van der Waals surface area contributed by atoms with E-state index >= 15 is 0 Å². The maximum atomic E-state index is 6.04. The van der Waals surface area contributed by atoms with Crippen LogP contribution in [0.15, 0.2) is 6.07 Å². The summed E-state index contributed by atoms with van der Waals surface area (Å²) in [4.78, 5) is 4.21. The fourth-order valence-corrected chi connectivity index (χ4v) is 1.52. The van der Waals surface area contributed by atoms with E-state index in [1.165, 1.54) is 0 Å². The Bertz CT molecular complexity index is 379. The molecule has 1 rings (SSSR count). The van der Waals surface area contributed by atoms with Crippen molar-refractivity contribution in [1.82, 2.24) is 4.98 Å². The zero-order valence-corrected chi connectivity index (χ0v) is 11.1. The van der Waals surface area contributed by atoms with Crippen molar-refractivity contribution in [3.05, 3.63) is 16.1 Å². The Morgan fingerprint density at radius 3 is 2.38 bits per heavy atom. The number of nitrogens with zero attached hydrogens (tertiary/aromatic N) is 1. The molecule has 0 saturated heterocycles. The summed E-state index contributed by atoms with van der Waals surface area (Å²) in [6.07, 6.45) is 0.943. The standard InChI is InChI=1S/C10H16Cl2N4/c1-4-10(2,3)15-8-6(11)5-7(12)9(14-8)16-13/h5H,4,13H2,1-3H3,(H2,14,15,16). The van der Waals surface area contributed by atoms with Crippen LogP contribution in [0.1, 0.15) is 27.2 Å². The molecule has 0 spiro atoms. The molecule has 4 N–H and O–H groups in total. The fraction of sp³-hybridized carbons (Fsp3) is 0.500. The lowest BCUT2D eigenvalue weighted by Gasteiger charge is -2.26. The Hall–Kier alpha value is -0.710. The SMILES string of the molecule is CCC(C)(C)Nc1nc(NN)c(Cl)cc1Cl. The Labute approximate surface area is 105 Å². The first-order valence-electron chi connectivity index (χ1n) is 5.00. The van der Waals surface area contributed by atoms with Gasteiger partial charge in [0.1, 0.15) is 5.82 Å². The van der Waals surface area contributed by atoms with E-state index in [9.17, 15) is 0 Å². The van der Waals surface area contributed by atoms with Crippen LogP contribution in [0.25, 0.3) is 0 Å². The van der Waals surface area contributed by atoms with Gasteiger partial charge in [0.05, 0.1) is 10.0 Å². The van der Waals surface area contributed by atoms with Gasteiger partial charge in [0, 0.05) is 5.54 Å². The molecule has 0 aliphatic rings. The Morgan fingerprint density at radius 2 is 1.88 bits per heavy atom. The van der Waals surface area contributed by atoms with Crippen LogP contribution in [0.3, 0.4) is 0 Å². The van der Waals surface area contributed by atoms with Crippen LogP contribution in [0.4, 0.5) is 11.6 Å². The van der Waals surface area contributed by atoms with Crippen molar-refractivity contribution in [3.8, 4) is 0 Å². The summed E-state index contributed by atoms with van der Waals surface area (Å²) >= 11 is 11.9. The summed E-state index contributed by atoms with van der Waals surface area (Å²) in [6, 6.07) is 1.61. The van der Waals surface area contributed by atoms with E-state index in [1.807, 2.05) is 0 Å². The van der Waals surface area contributed by atoms with Gasteiger partial charge < -0.3 is 10.7 Å². The minimum Gasteiger partial charge on any atom is -0.364 e. The molecule has 4 nitrogen and oxygen atoms in total. The predicted molar refractivity (Wildman–Crippen MR) is 70.1 cm³/mol. The van der Waals surface area contributed by atoms with Crippen molar-refractivity contribution in [2.75, 3.05) is 10.7 Å². The predicted octanol–water partition coefficient (Wildman–Crippen LogP) is 3.27. The van der Waals surface area contributed by atoms with Crippen LogP contribution in [0, 0.1) is 0 Å². The van der Waals surface area contributed by atoms with Gasteiger partial charge in [-0.05, 0) is 26.3 Å². The topological polar surface area (TPSA) is 63.0 Å². The van der Waals surface area contributed by atoms with E-state index < -0.39 is 0 Å². The summed E-state index contributed by atoms with van der Waals surface area (Å²) < 4.78 is 0. The second kappa shape index (κ2) is 5.08. The van der Waals surface area contributed by atoms with Gasteiger partial charge in [0.2, 0.25) is 0 Å². The summed E-state index contributed by atoms with van der Waals surface area (Å²) in [7, 11) is 0. The minimum absolute atomic E-state index is 0.0870. The Kier molecular flexibility index (Phi) is 4.24. The zero-order valence-electron chi connectivity index (χ0n) is 9.56. The van der Waals surface area contributed by atoms with Gasteiger partial charge in [-0.25, -0.2) is 10.8 Å². The lowest BCUT2D eigenvalue weighted by molar-refractivity contribution is 0.545. The van der Waals surface area contributed by atoms with Crippen molar-refractivity contribution in [1.29, 1.82) is 0 Å². The van der Waals surface area contributed by atoms with Gasteiger partial charge in [0.25, 0.3) is 0 Å². The second-order valence-electron chi connectivity index (χ2n) is 4.16. The number of pyridine rings is 1. The Balaban J connectivity index is 3.05. The van der Waals surface area contributed by atoms with Gasteiger partial charge in [-0.15, -0.1) is 0 Å². The fourth-order valence-electron chi connectivity index (χ4n) is 1.06. The maximum Gasteiger partial charge on any atom is 0.161 e.